The molecule has 2 rings (SSSR count). The molecule has 0 saturated heterocycles. The van der Waals surface area contributed by atoms with Crippen LogP contribution in [0.4, 0.5) is 0 Å². The van der Waals surface area contributed by atoms with Gasteiger partial charge in [-0.2, -0.15) is 0 Å². The molecule has 6 nitrogen and oxygen atoms in total. The zero-order valence-electron chi connectivity index (χ0n) is 8.93. The second-order valence-corrected chi connectivity index (χ2v) is 3.51. The zero-order valence-corrected chi connectivity index (χ0v) is 8.93. The van der Waals surface area contributed by atoms with Crippen LogP contribution in [-0.2, 0) is 13.6 Å². The maximum atomic E-state index is 11.6. The Morgan fingerprint density at radius 2 is 2.31 bits per heavy atom. The number of hydrogen-bond donors (Lipinski definition) is 1. The summed E-state index contributed by atoms with van der Waals surface area (Å²) >= 11 is 0. The Kier molecular flexibility index (Phi) is 2.47. The van der Waals surface area contributed by atoms with E-state index in [1.807, 2.05) is 0 Å². The van der Waals surface area contributed by atoms with Gasteiger partial charge in [0.15, 0.2) is 11.2 Å². The number of allylic oxidation sites excluding steroid dienone is 1. The van der Waals surface area contributed by atoms with Gasteiger partial charge >= 0.3 is 5.69 Å². The van der Waals surface area contributed by atoms with E-state index < -0.39 is 11.2 Å². The molecule has 0 saturated carbocycles. The molecule has 0 unspecified atom stereocenters. The number of aromatic amines is 1. The van der Waals surface area contributed by atoms with Crippen molar-refractivity contribution in [3.63, 3.8) is 0 Å². The summed E-state index contributed by atoms with van der Waals surface area (Å²) in [6.45, 7) is 4.25. The van der Waals surface area contributed by atoms with Gasteiger partial charge in [-0.1, -0.05) is 6.08 Å². The minimum absolute atomic E-state index is 0.401. The summed E-state index contributed by atoms with van der Waals surface area (Å²) in [5, 5.41) is 0. The lowest BCUT2D eigenvalue weighted by Gasteiger charge is -2.01. The van der Waals surface area contributed by atoms with Crippen molar-refractivity contribution in [2.45, 2.75) is 13.0 Å². The molecular weight excluding hydrogens is 208 g/mol. The van der Waals surface area contributed by atoms with Crippen molar-refractivity contribution in [1.29, 1.82) is 0 Å². The average molecular weight is 220 g/mol. The van der Waals surface area contributed by atoms with Gasteiger partial charge in [-0.3, -0.25) is 14.3 Å². The number of imidazole rings is 1. The first-order valence-electron chi connectivity index (χ1n) is 4.90. The van der Waals surface area contributed by atoms with Gasteiger partial charge in [0.2, 0.25) is 0 Å². The molecule has 0 amide bonds. The molecule has 16 heavy (non-hydrogen) atoms. The Morgan fingerprint density at radius 3 is 3.00 bits per heavy atom. The van der Waals surface area contributed by atoms with Crippen LogP contribution >= 0.6 is 0 Å². The molecule has 0 aromatic carbocycles. The summed E-state index contributed by atoms with van der Waals surface area (Å²) in [5.74, 6) is 0. The Bertz CT molecular complexity index is 647. The molecule has 0 aliphatic carbocycles. The highest BCUT2D eigenvalue weighted by Gasteiger charge is 2.10. The van der Waals surface area contributed by atoms with E-state index >= 15 is 0 Å². The Morgan fingerprint density at radius 1 is 1.56 bits per heavy atom. The number of hydrogen-bond acceptors (Lipinski definition) is 3. The molecule has 6 heteroatoms. The predicted octanol–water partition coefficient (Wildman–Crippen LogP) is -0.000600. The lowest BCUT2D eigenvalue weighted by molar-refractivity contribution is 0.726. The number of fused-ring (bicyclic) bond motifs is 1. The van der Waals surface area contributed by atoms with Gasteiger partial charge in [0.1, 0.15) is 0 Å². The van der Waals surface area contributed by atoms with E-state index in [0.717, 1.165) is 6.42 Å². The van der Waals surface area contributed by atoms with Crippen LogP contribution in [-0.4, -0.2) is 19.1 Å². The number of H-pyrrole nitrogens is 1. The van der Waals surface area contributed by atoms with E-state index in [1.165, 1.54) is 4.57 Å². The van der Waals surface area contributed by atoms with Crippen LogP contribution in [0.5, 0.6) is 0 Å². The third-order valence-electron chi connectivity index (χ3n) is 2.45. The van der Waals surface area contributed by atoms with Crippen LogP contribution < -0.4 is 11.2 Å². The zero-order chi connectivity index (χ0) is 11.7. The van der Waals surface area contributed by atoms with E-state index in [9.17, 15) is 9.59 Å². The highest BCUT2D eigenvalue weighted by molar-refractivity contribution is 5.69. The molecule has 2 heterocycles. The highest BCUT2D eigenvalue weighted by Crippen LogP contribution is 2.05. The fraction of sp³-hybridized carbons (Fsp3) is 0.300. The summed E-state index contributed by atoms with van der Waals surface area (Å²) in [6.07, 6.45) is 4.07. The Balaban J connectivity index is 2.72. The standard InChI is InChI=1S/C10H12N4O2/c1-3-4-5-14-6-11-8-7(14)9(15)12-10(16)13(8)2/h3,6H,1,4-5H2,2H3,(H,12,15,16). The second-order valence-electron chi connectivity index (χ2n) is 3.51. The molecule has 0 bridgehead atoms. The monoisotopic (exact) mass is 220 g/mol. The van der Waals surface area contributed by atoms with Crippen molar-refractivity contribution >= 4 is 11.2 Å². The lowest BCUT2D eigenvalue weighted by atomic mass is 10.4. The number of nitrogens with one attached hydrogen (secondary N) is 1. The van der Waals surface area contributed by atoms with Crippen molar-refractivity contribution in [3.8, 4) is 0 Å². The third kappa shape index (κ3) is 1.48. The largest absolute Gasteiger partial charge is 0.329 e. The first-order valence-corrected chi connectivity index (χ1v) is 4.90. The van der Waals surface area contributed by atoms with Gasteiger partial charge in [-0.15, -0.1) is 6.58 Å². The second kappa shape index (κ2) is 3.80. The van der Waals surface area contributed by atoms with Gasteiger partial charge < -0.3 is 4.57 Å². The van der Waals surface area contributed by atoms with Crippen LogP contribution in [0.1, 0.15) is 6.42 Å². The molecule has 1 N–H and O–H groups in total. The van der Waals surface area contributed by atoms with Crippen molar-refractivity contribution in [1.82, 2.24) is 19.1 Å². The summed E-state index contributed by atoms with van der Waals surface area (Å²) in [6, 6.07) is 0. The SMILES string of the molecule is C=CCCn1cnc2c1c(=O)[nH]c(=O)n2C. The molecular formula is C10H12N4O2. The third-order valence-corrected chi connectivity index (χ3v) is 2.45. The van der Waals surface area contributed by atoms with Crippen LogP contribution in [0.25, 0.3) is 11.2 Å². The normalized spacial score (nSPS) is 10.8. The van der Waals surface area contributed by atoms with Crippen LogP contribution in [0.15, 0.2) is 28.6 Å². The fourth-order valence-corrected chi connectivity index (χ4v) is 1.59. The van der Waals surface area contributed by atoms with E-state index in [-0.39, 0.29) is 0 Å². The molecule has 0 fully saturated rings. The van der Waals surface area contributed by atoms with Gasteiger partial charge in [0.25, 0.3) is 5.56 Å². The average Bonchev–Trinajstić information content (AvgIpc) is 2.67. The smallest absolute Gasteiger partial charge is 0.324 e. The molecule has 0 aliphatic rings. The minimum Gasteiger partial charge on any atom is -0.324 e. The minimum atomic E-state index is -0.452. The van der Waals surface area contributed by atoms with Gasteiger partial charge in [-0.05, 0) is 6.42 Å². The number of aromatic nitrogens is 4. The first-order chi connectivity index (χ1) is 7.65. The van der Waals surface area contributed by atoms with E-state index in [1.54, 1.807) is 24.0 Å². The van der Waals surface area contributed by atoms with Crippen LogP contribution in [0, 0.1) is 0 Å². The number of nitrogens with zero attached hydrogens (tertiary/aromatic N) is 3. The fourth-order valence-electron chi connectivity index (χ4n) is 1.59. The van der Waals surface area contributed by atoms with Gasteiger partial charge in [0.05, 0.1) is 6.33 Å². The Labute approximate surface area is 90.9 Å². The van der Waals surface area contributed by atoms with Crippen molar-refractivity contribution in [2.24, 2.45) is 7.05 Å². The van der Waals surface area contributed by atoms with Crippen LogP contribution in [0.3, 0.4) is 0 Å². The molecule has 84 valence electrons. The predicted molar refractivity (Wildman–Crippen MR) is 60.4 cm³/mol. The lowest BCUT2D eigenvalue weighted by Crippen LogP contribution is -2.29. The van der Waals surface area contributed by atoms with E-state index in [0.29, 0.717) is 17.7 Å². The molecule has 0 atom stereocenters. The van der Waals surface area contributed by atoms with Gasteiger partial charge in [0, 0.05) is 13.6 Å². The summed E-state index contributed by atoms with van der Waals surface area (Å²) < 4.78 is 3.04. The van der Waals surface area contributed by atoms with E-state index in [4.69, 9.17) is 0 Å². The van der Waals surface area contributed by atoms with Crippen molar-refractivity contribution < 1.29 is 0 Å². The Hall–Kier alpha value is -2.11. The molecule has 0 aliphatic heterocycles. The molecule has 0 radical (unpaired) electrons. The quantitative estimate of drug-likeness (QED) is 0.740. The first kappa shape index (κ1) is 10.4. The summed E-state index contributed by atoms with van der Waals surface area (Å²) in [5.41, 5.74) is -0.0344. The maximum absolute atomic E-state index is 11.6. The molecule has 2 aromatic heterocycles. The van der Waals surface area contributed by atoms with Crippen LogP contribution in [0.2, 0.25) is 0 Å². The molecule has 0 spiro atoms. The molecule has 2 aromatic rings. The van der Waals surface area contributed by atoms with Crippen molar-refractivity contribution in [3.05, 3.63) is 39.8 Å². The van der Waals surface area contributed by atoms with E-state index in [2.05, 4.69) is 16.5 Å². The summed E-state index contributed by atoms with van der Waals surface area (Å²) in [7, 11) is 1.57. The highest BCUT2D eigenvalue weighted by atomic mass is 16.2. The number of rotatable bonds is 3. The maximum Gasteiger partial charge on any atom is 0.329 e. The van der Waals surface area contributed by atoms with Crippen molar-refractivity contribution in [2.75, 3.05) is 0 Å². The number of aryl methyl sites for hydroxylation is 2. The topological polar surface area (TPSA) is 72.7 Å². The summed E-state index contributed by atoms with van der Waals surface area (Å²) in [4.78, 5) is 29.3. The van der Waals surface area contributed by atoms with Gasteiger partial charge in [-0.25, -0.2) is 9.78 Å².